The van der Waals surface area contributed by atoms with Gasteiger partial charge >= 0.3 is 0 Å². The number of fused-ring (bicyclic) bond motifs is 2. The Labute approximate surface area is 121 Å². The normalized spacial score (nSPS) is 13.4. The Morgan fingerprint density at radius 2 is 1.86 bits per heavy atom. The second kappa shape index (κ2) is 4.63. The van der Waals surface area contributed by atoms with E-state index in [9.17, 15) is 4.79 Å². The summed E-state index contributed by atoms with van der Waals surface area (Å²) in [6.07, 6.45) is 2.56. The van der Waals surface area contributed by atoms with E-state index in [0.717, 1.165) is 28.6 Å². The molecule has 0 spiro atoms. The first-order chi connectivity index (χ1) is 10.3. The molecule has 0 bridgehead atoms. The fourth-order valence-corrected chi connectivity index (χ4v) is 2.60. The summed E-state index contributed by atoms with van der Waals surface area (Å²) >= 11 is 0. The minimum Gasteiger partial charge on any atom is -0.453 e. The van der Waals surface area contributed by atoms with Crippen LogP contribution >= 0.6 is 0 Å². The number of hydrogen-bond acceptors (Lipinski definition) is 2. The Balaban J connectivity index is 1.68. The Bertz CT molecular complexity index is 841. The third kappa shape index (κ3) is 2.03. The number of aromatic amines is 1. The van der Waals surface area contributed by atoms with Crippen molar-refractivity contribution in [1.29, 1.82) is 0 Å². The van der Waals surface area contributed by atoms with Crippen molar-refractivity contribution < 1.29 is 9.53 Å². The number of para-hydroxylation sites is 2. The number of benzene rings is 2. The maximum Gasteiger partial charge on any atom is 0.244 e. The van der Waals surface area contributed by atoms with Gasteiger partial charge in [-0.25, -0.2) is 0 Å². The van der Waals surface area contributed by atoms with Crippen LogP contribution in [0.2, 0.25) is 0 Å². The quantitative estimate of drug-likeness (QED) is 0.721. The van der Waals surface area contributed by atoms with Gasteiger partial charge in [-0.1, -0.05) is 36.4 Å². The van der Waals surface area contributed by atoms with Crippen LogP contribution in [0.1, 0.15) is 16.1 Å². The summed E-state index contributed by atoms with van der Waals surface area (Å²) in [5, 5.41) is 1.03. The third-order valence-corrected chi connectivity index (χ3v) is 3.70. The molecule has 0 amide bonds. The van der Waals surface area contributed by atoms with Gasteiger partial charge in [0, 0.05) is 10.9 Å². The first-order valence-electron chi connectivity index (χ1n) is 6.89. The Kier molecular flexibility index (Phi) is 2.64. The summed E-state index contributed by atoms with van der Waals surface area (Å²) in [4.78, 5) is 15.7. The number of Topliss-reactive ketones (excluding diaryl/α,β-unsaturated/α-hetero) is 1. The van der Waals surface area contributed by atoms with Gasteiger partial charge in [-0.3, -0.25) is 4.79 Å². The molecule has 2 heterocycles. The average molecular weight is 275 g/mol. The smallest absolute Gasteiger partial charge is 0.244 e. The van der Waals surface area contributed by atoms with Crippen LogP contribution in [0, 0.1) is 0 Å². The Morgan fingerprint density at radius 3 is 2.76 bits per heavy atom. The van der Waals surface area contributed by atoms with Crippen molar-refractivity contribution in [3.05, 3.63) is 77.7 Å². The molecule has 1 aliphatic rings. The van der Waals surface area contributed by atoms with Gasteiger partial charge in [0.25, 0.3) is 0 Å². The van der Waals surface area contributed by atoms with E-state index in [1.807, 2.05) is 60.7 Å². The van der Waals surface area contributed by atoms with E-state index in [1.165, 1.54) is 0 Å². The van der Waals surface area contributed by atoms with Crippen molar-refractivity contribution in [3.63, 3.8) is 0 Å². The molecule has 0 saturated carbocycles. The van der Waals surface area contributed by atoms with Gasteiger partial charge in [-0.15, -0.1) is 0 Å². The summed E-state index contributed by atoms with van der Waals surface area (Å²) in [6, 6.07) is 17.5. The molecular formula is C18H13NO2. The number of ether oxygens (including phenoxy) is 1. The summed E-state index contributed by atoms with van der Waals surface area (Å²) in [7, 11) is 0. The zero-order valence-corrected chi connectivity index (χ0v) is 11.3. The molecule has 0 radical (unpaired) electrons. The molecule has 3 aromatic rings. The molecule has 3 heteroatoms. The number of allylic oxidation sites excluding steroid dienone is 2. The molecule has 4 rings (SSSR count). The van der Waals surface area contributed by atoms with Gasteiger partial charge in [0.2, 0.25) is 5.78 Å². The highest BCUT2D eigenvalue weighted by molar-refractivity contribution is 6.09. The third-order valence-electron chi connectivity index (χ3n) is 3.70. The van der Waals surface area contributed by atoms with Gasteiger partial charge in [-0.2, -0.15) is 0 Å². The van der Waals surface area contributed by atoms with E-state index >= 15 is 0 Å². The monoisotopic (exact) mass is 275 g/mol. The van der Waals surface area contributed by atoms with Crippen molar-refractivity contribution in [2.24, 2.45) is 0 Å². The number of rotatable bonds is 2. The summed E-state index contributed by atoms with van der Waals surface area (Å²) in [5.74, 6) is 1.04. The first kappa shape index (κ1) is 12.0. The van der Waals surface area contributed by atoms with Crippen molar-refractivity contribution in [3.8, 4) is 5.75 Å². The zero-order valence-electron chi connectivity index (χ0n) is 11.3. The highest BCUT2D eigenvalue weighted by Gasteiger charge is 2.20. The van der Waals surface area contributed by atoms with E-state index in [1.54, 1.807) is 0 Å². The van der Waals surface area contributed by atoms with Crippen LogP contribution in [0.4, 0.5) is 0 Å². The molecule has 3 nitrogen and oxygen atoms in total. The van der Waals surface area contributed by atoms with Crippen molar-refractivity contribution in [2.45, 2.75) is 6.42 Å². The Morgan fingerprint density at radius 1 is 1.05 bits per heavy atom. The lowest BCUT2D eigenvalue weighted by atomic mass is 10.1. The number of hydrogen-bond donors (Lipinski definition) is 1. The molecule has 21 heavy (non-hydrogen) atoms. The Hall–Kier alpha value is -2.81. The van der Waals surface area contributed by atoms with E-state index in [0.29, 0.717) is 11.5 Å². The van der Waals surface area contributed by atoms with E-state index in [-0.39, 0.29) is 5.78 Å². The largest absolute Gasteiger partial charge is 0.453 e. The maximum atomic E-state index is 12.6. The van der Waals surface area contributed by atoms with Crippen LogP contribution in [-0.4, -0.2) is 10.8 Å². The van der Waals surface area contributed by atoms with E-state index in [4.69, 9.17) is 4.74 Å². The summed E-state index contributed by atoms with van der Waals surface area (Å²) in [5.41, 5.74) is 2.62. The average Bonchev–Trinajstić information content (AvgIpc) is 2.97. The van der Waals surface area contributed by atoms with Crippen LogP contribution in [0.3, 0.4) is 0 Å². The highest BCUT2D eigenvalue weighted by atomic mass is 16.5. The standard InChI is InChI=1S/C18H13NO2/c20-18(15-11-13-6-1-3-7-14(13)19-15)17-10-9-12-5-2-4-8-16(12)21-17/h1-8,10-11,19H,9H2. The molecule has 1 aromatic heterocycles. The number of H-pyrrole nitrogens is 1. The topological polar surface area (TPSA) is 42.1 Å². The van der Waals surface area contributed by atoms with Gasteiger partial charge in [0.1, 0.15) is 5.75 Å². The maximum absolute atomic E-state index is 12.6. The molecule has 102 valence electrons. The highest BCUT2D eigenvalue weighted by Crippen LogP contribution is 2.27. The molecule has 1 aliphatic heterocycles. The number of carbonyl (C=O) groups is 1. The fraction of sp³-hybridized carbons (Fsp3) is 0.0556. The predicted octanol–water partition coefficient (Wildman–Crippen LogP) is 3.87. The van der Waals surface area contributed by atoms with E-state index < -0.39 is 0 Å². The second-order valence-corrected chi connectivity index (χ2v) is 5.08. The molecule has 0 fully saturated rings. The molecule has 1 N–H and O–H groups in total. The summed E-state index contributed by atoms with van der Waals surface area (Å²) in [6.45, 7) is 0. The lowest BCUT2D eigenvalue weighted by Crippen LogP contribution is -2.14. The van der Waals surface area contributed by atoms with Gasteiger partial charge in [0.05, 0.1) is 5.69 Å². The SMILES string of the molecule is O=C(C1=CCc2ccccc2O1)c1cc2ccccc2[nH]1. The number of aromatic nitrogens is 1. The summed E-state index contributed by atoms with van der Waals surface area (Å²) < 4.78 is 5.74. The zero-order chi connectivity index (χ0) is 14.2. The number of carbonyl (C=O) groups excluding carboxylic acids is 1. The van der Waals surface area contributed by atoms with Crippen LogP contribution in [-0.2, 0) is 6.42 Å². The predicted molar refractivity (Wildman–Crippen MR) is 81.5 cm³/mol. The van der Waals surface area contributed by atoms with Gasteiger partial charge in [0.15, 0.2) is 5.76 Å². The number of nitrogens with one attached hydrogen (secondary N) is 1. The molecule has 0 atom stereocenters. The minimum atomic E-state index is -0.110. The molecule has 0 saturated heterocycles. The van der Waals surface area contributed by atoms with Crippen LogP contribution in [0.15, 0.2) is 66.4 Å². The molecular weight excluding hydrogens is 262 g/mol. The number of ketones is 1. The molecule has 0 unspecified atom stereocenters. The lowest BCUT2D eigenvalue weighted by Gasteiger charge is -2.16. The van der Waals surface area contributed by atoms with Crippen LogP contribution in [0.25, 0.3) is 10.9 Å². The first-order valence-corrected chi connectivity index (χ1v) is 6.89. The fourth-order valence-electron chi connectivity index (χ4n) is 2.60. The minimum absolute atomic E-state index is 0.110. The lowest BCUT2D eigenvalue weighted by molar-refractivity contribution is 0.0979. The van der Waals surface area contributed by atoms with Crippen LogP contribution < -0.4 is 4.74 Å². The van der Waals surface area contributed by atoms with Crippen molar-refractivity contribution in [2.75, 3.05) is 0 Å². The molecule has 2 aromatic carbocycles. The van der Waals surface area contributed by atoms with E-state index in [2.05, 4.69) is 4.98 Å². The second-order valence-electron chi connectivity index (χ2n) is 5.08. The van der Waals surface area contributed by atoms with Crippen LogP contribution in [0.5, 0.6) is 5.75 Å². The molecule has 0 aliphatic carbocycles. The van der Waals surface area contributed by atoms with Gasteiger partial charge < -0.3 is 9.72 Å². The van der Waals surface area contributed by atoms with Crippen molar-refractivity contribution in [1.82, 2.24) is 4.98 Å². The van der Waals surface area contributed by atoms with Crippen molar-refractivity contribution >= 4 is 16.7 Å². The van der Waals surface area contributed by atoms with Gasteiger partial charge in [-0.05, 0) is 36.3 Å².